The smallest absolute Gasteiger partial charge is 0.252 e. The van der Waals surface area contributed by atoms with Crippen LogP contribution < -0.4 is 5.32 Å². The van der Waals surface area contributed by atoms with E-state index in [1.807, 2.05) is 35.2 Å². The van der Waals surface area contributed by atoms with E-state index in [1.54, 1.807) is 17.5 Å². The molecule has 0 aliphatic heterocycles. The van der Waals surface area contributed by atoms with Crippen LogP contribution in [0.15, 0.2) is 29.8 Å². The van der Waals surface area contributed by atoms with Crippen LogP contribution in [0.5, 0.6) is 0 Å². The second kappa shape index (κ2) is 5.77. The van der Waals surface area contributed by atoms with Gasteiger partial charge in [0, 0.05) is 13.1 Å². The van der Waals surface area contributed by atoms with Gasteiger partial charge < -0.3 is 5.32 Å². The Morgan fingerprint density at radius 3 is 3.04 bits per heavy atom. The Bertz CT molecular complexity index is 849. The molecule has 1 aliphatic carbocycles. The zero-order valence-corrected chi connectivity index (χ0v) is 13.8. The Morgan fingerprint density at radius 2 is 2.35 bits per heavy atom. The SMILES string of the molecule is CCn1ncc2c(C(=O)NCC3CC3)cc(-c3cccs3)nc21. The number of hydrogen-bond acceptors (Lipinski definition) is 4. The van der Waals surface area contributed by atoms with Crippen molar-refractivity contribution >= 4 is 28.3 Å². The van der Waals surface area contributed by atoms with Gasteiger partial charge in [-0.2, -0.15) is 5.10 Å². The fraction of sp³-hybridized carbons (Fsp3) is 0.353. The summed E-state index contributed by atoms with van der Waals surface area (Å²) >= 11 is 1.63. The highest BCUT2D eigenvalue weighted by atomic mass is 32.1. The zero-order chi connectivity index (χ0) is 15.8. The van der Waals surface area contributed by atoms with Gasteiger partial charge in [-0.25, -0.2) is 9.67 Å². The van der Waals surface area contributed by atoms with Gasteiger partial charge in [0.15, 0.2) is 5.65 Å². The van der Waals surface area contributed by atoms with E-state index in [0.717, 1.165) is 34.7 Å². The van der Waals surface area contributed by atoms with Gasteiger partial charge in [0.25, 0.3) is 5.91 Å². The van der Waals surface area contributed by atoms with Crippen molar-refractivity contribution in [3.63, 3.8) is 0 Å². The second-order valence-corrected chi connectivity index (χ2v) is 6.83. The number of hydrogen-bond donors (Lipinski definition) is 1. The van der Waals surface area contributed by atoms with Gasteiger partial charge in [0.05, 0.1) is 27.7 Å². The van der Waals surface area contributed by atoms with Crippen LogP contribution in [0.3, 0.4) is 0 Å². The molecule has 3 heterocycles. The number of nitrogens with zero attached hydrogens (tertiary/aromatic N) is 3. The summed E-state index contributed by atoms with van der Waals surface area (Å²) in [5, 5.41) is 10.3. The standard InChI is InChI=1S/C17H18N4OS/c1-2-21-16-13(10-19-21)12(17(22)18-9-11-5-6-11)8-14(20-16)15-4-3-7-23-15/h3-4,7-8,10-11H,2,5-6,9H2,1H3,(H,18,22). The van der Waals surface area contributed by atoms with Crippen molar-refractivity contribution in [2.45, 2.75) is 26.3 Å². The van der Waals surface area contributed by atoms with E-state index < -0.39 is 0 Å². The van der Waals surface area contributed by atoms with Crippen LogP contribution >= 0.6 is 11.3 Å². The molecule has 0 radical (unpaired) electrons. The molecule has 3 aromatic heterocycles. The predicted octanol–water partition coefficient (Wildman–Crippen LogP) is 3.32. The van der Waals surface area contributed by atoms with Crippen LogP contribution in [0.1, 0.15) is 30.1 Å². The molecule has 0 saturated heterocycles. The normalized spacial score (nSPS) is 14.3. The number of aromatic nitrogens is 3. The molecule has 118 valence electrons. The molecule has 0 atom stereocenters. The van der Waals surface area contributed by atoms with Crippen LogP contribution in [0.4, 0.5) is 0 Å². The molecule has 0 bridgehead atoms. The minimum absolute atomic E-state index is 0.0299. The van der Waals surface area contributed by atoms with E-state index in [9.17, 15) is 4.79 Å². The molecular weight excluding hydrogens is 308 g/mol. The molecule has 1 N–H and O–H groups in total. The van der Waals surface area contributed by atoms with E-state index >= 15 is 0 Å². The van der Waals surface area contributed by atoms with E-state index in [-0.39, 0.29) is 5.91 Å². The number of carbonyl (C=O) groups excluding carboxylic acids is 1. The average Bonchev–Trinajstić information content (AvgIpc) is 3.08. The Kier molecular flexibility index (Phi) is 3.61. The van der Waals surface area contributed by atoms with Crippen molar-refractivity contribution in [2.75, 3.05) is 6.54 Å². The van der Waals surface area contributed by atoms with Crippen LogP contribution in [-0.2, 0) is 6.54 Å². The summed E-state index contributed by atoms with van der Waals surface area (Å²) in [6.07, 6.45) is 4.19. The van der Waals surface area contributed by atoms with E-state index in [2.05, 4.69) is 10.4 Å². The van der Waals surface area contributed by atoms with Crippen molar-refractivity contribution in [3.8, 4) is 10.6 Å². The van der Waals surface area contributed by atoms with E-state index in [4.69, 9.17) is 4.98 Å². The minimum atomic E-state index is -0.0299. The molecule has 0 aromatic carbocycles. The van der Waals surface area contributed by atoms with Gasteiger partial charge in [-0.05, 0) is 43.2 Å². The monoisotopic (exact) mass is 326 g/mol. The van der Waals surface area contributed by atoms with Crippen LogP contribution in [0.25, 0.3) is 21.6 Å². The summed E-state index contributed by atoms with van der Waals surface area (Å²) in [7, 11) is 0. The fourth-order valence-corrected chi connectivity index (χ4v) is 3.36. The van der Waals surface area contributed by atoms with Gasteiger partial charge in [0.1, 0.15) is 0 Å². The molecule has 1 fully saturated rings. The number of pyridine rings is 1. The third kappa shape index (κ3) is 2.74. The highest BCUT2D eigenvalue weighted by Crippen LogP contribution is 2.29. The number of amides is 1. The first-order chi connectivity index (χ1) is 11.3. The molecule has 5 nitrogen and oxygen atoms in total. The number of fused-ring (bicyclic) bond motifs is 1. The molecular formula is C17H18N4OS. The average molecular weight is 326 g/mol. The molecule has 4 rings (SSSR count). The summed E-state index contributed by atoms with van der Waals surface area (Å²) in [5.41, 5.74) is 2.27. The summed E-state index contributed by atoms with van der Waals surface area (Å²) < 4.78 is 1.84. The first-order valence-electron chi connectivity index (χ1n) is 7.95. The van der Waals surface area contributed by atoms with Gasteiger partial charge in [-0.3, -0.25) is 4.79 Å². The predicted molar refractivity (Wildman–Crippen MR) is 91.6 cm³/mol. The maximum atomic E-state index is 12.6. The lowest BCUT2D eigenvalue weighted by Gasteiger charge is -2.08. The van der Waals surface area contributed by atoms with E-state index in [1.165, 1.54) is 12.8 Å². The lowest BCUT2D eigenvalue weighted by atomic mass is 10.1. The highest BCUT2D eigenvalue weighted by Gasteiger charge is 2.23. The number of nitrogens with one attached hydrogen (secondary N) is 1. The molecule has 0 spiro atoms. The third-order valence-electron chi connectivity index (χ3n) is 4.18. The van der Waals surface area contributed by atoms with Crippen LogP contribution in [0, 0.1) is 5.92 Å². The summed E-state index contributed by atoms with van der Waals surface area (Å²) in [6.45, 7) is 3.52. The van der Waals surface area contributed by atoms with Gasteiger partial charge in [-0.15, -0.1) is 11.3 Å². The first kappa shape index (κ1) is 14.4. The quantitative estimate of drug-likeness (QED) is 0.782. The highest BCUT2D eigenvalue weighted by molar-refractivity contribution is 7.13. The van der Waals surface area contributed by atoms with Crippen molar-refractivity contribution in [3.05, 3.63) is 35.3 Å². The van der Waals surface area contributed by atoms with Gasteiger partial charge in [-0.1, -0.05) is 6.07 Å². The second-order valence-electron chi connectivity index (χ2n) is 5.88. The number of carbonyl (C=O) groups is 1. The Morgan fingerprint density at radius 1 is 1.48 bits per heavy atom. The molecule has 1 aliphatic rings. The lowest BCUT2D eigenvalue weighted by molar-refractivity contribution is 0.0953. The van der Waals surface area contributed by atoms with Crippen molar-refractivity contribution in [2.24, 2.45) is 5.92 Å². The third-order valence-corrected chi connectivity index (χ3v) is 5.07. The summed E-state index contributed by atoms with van der Waals surface area (Å²) in [6, 6.07) is 5.91. The maximum absolute atomic E-state index is 12.6. The zero-order valence-electron chi connectivity index (χ0n) is 13.0. The lowest BCUT2D eigenvalue weighted by Crippen LogP contribution is -2.25. The molecule has 1 amide bonds. The van der Waals surface area contributed by atoms with Crippen LogP contribution in [0.2, 0.25) is 0 Å². The molecule has 1 saturated carbocycles. The minimum Gasteiger partial charge on any atom is -0.352 e. The summed E-state index contributed by atoms with van der Waals surface area (Å²) in [4.78, 5) is 18.4. The molecule has 6 heteroatoms. The van der Waals surface area contributed by atoms with Crippen molar-refractivity contribution in [1.29, 1.82) is 0 Å². The molecule has 3 aromatic rings. The fourth-order valence-electron chi connectivity index (χ4n) is 2.67. The Balaban J connectivity index is 1.80. The molecule has 23 heavy (non-hydrogen) atoms. The number of thiophene rings is 1. The number of aryl methyl sites for hydroxylation is 1. The van der Waals surface area contributed by atoms with Crippen LogP contribution in [-0.4, -0.2) is 27.2 Å². The Hall–Kier alpha value is -2.21. The molecule has 0 unspecified atom stereocenters. The summed E-state index contributed by atoms with van der Waals surface area (Å²) in [5.74, 6) is 0.629. The maximum Gasteiger partial charge on any atom is 0.252 e. The largest absolute Gasteiger partial charge is 0.352 e. The topological polar surface area (TPSA) is 59.8 Å². The van der Waals surface area contributed by atoms with Gasteiger partial charge in [0.2, 0.25) is 0 Å². The first-order valence-corrected chi connectivity index (χ1v) is 8.83. The van der Waals surface area contributed by atoms with Crippen molar-refractivity contribution in [1.82, 2.24) is 20.1 Å². The van der Waals surface area contributed by atoms with Gasteiger partial charge >= 0.3 is 0 Å². The Labute approximate surface area is 138 Å². The van der Waals surface area contributed by atoms with E-state index in [0.29, 0.717) is 11.5 Å². The number of rotatable bonds is 5. The van der Waals surface area contributed by atoms with Crippen molar-refractivity contribution < 1.29 is 4.79 Å².